The molecule has 1 saturated heterocycles. The highest BCUT2D eigenvalue weighted by Gasteiger charge is 2.33. The highest BCUT2D eigenvalue weighted by Crippen LogP contribution is 2.27. The molecule has 6 heteroatoms. The summed E-state index contributed by atoms with van der Waals surface area (Å²) < 4.78 is 16.8. The first-order valence-corrected chi connectivity index (χ1v) is 8.22. The minimum Gasteiger partial charge on any atom is -0.378 e. The van der Waals surface area contributed by atoms with Crippen molar-refractivity contribution in [2.24, 2.45) is 0 Å². The quantitative estimate of drug-likeness (QED) is 0.616. The van der Waals surface area contributed by atoms with Crippen LogP contribution in [0.25, 0.3) is 0 Å². The van der Waals surface area contributed by atoms with Gasteiger partial charge < -0.3 is 9.64 Å². The van der Waals surface area contributed by atoms with Gasteiger partial charge in [-0.2, -0.15) is 0 Å². The molecule has 0 bridgehead atoms. The fourth-order valence-corrected chi connectivity index (χ4v) is 2.42. The molecule has 2 rings (SSSR count). The number of aryl methyl sites for hydroxylation is 1. The molecular weight excluding hydrogens is 262 g/mol. The fraction of sp³-hybridized carbons (Fsp3) is 0.692. The number of anilines is 1. The van der Waals surface area contributed by atoms with E-state index in [9.17, 15) is 4.21 Å². The van der Waals surface area contributed by atoms with E-state index in [1.807, 2.05) is 26.8 Å². The van der Waals surface area contributed by atoms with E-state index in [1.165, 1.54) is 0 Å². The van der Waals surface area contributed by atoms with E-state index < -0.39 is 15.5 Å². The summed E-state index contributed by atoms with van der Waals surface area (Å²) in [7, 11) is -1.35. The Balaban J connectivity index is 2.36. The van der Waals surface area contributed by atoms with Crippen LogP contribution in [0.3, 0.4) is 0 Å². The van der Waals surface area contributed by atoms with Crippen molar-refractivity contribution in [3.8, 4) is 0 Å². The topological polar surface area (TPSA) is 55.3 Å². The SMILES string of the molecule is Cc1nc(N2CCOCC2)cc(C(C)(C)[SH+](C)=O)n1. The molecule has 0 amide bonds. The van der Waals surface area contributed by atoms with Crippen LogP contribution in [0.15, 0.2) is 6.07 Å². The van der Waals surface area contributed by atoms with E-state index >= 15 is 0 Å². The van der Waals surface area contributed by atoms with Crippen LogP contribution in [0.4, 0.5) is 5.82 Å². The van der Waals surface area contributed by atoms with Crippen LogP contribution in [-0.2, 0) is 24.5 Å². The van der Waals surface area contributed by atoms with E-state index in [2.05, 4.69) is 14.9 Å². The fourth-order valence-electron chi connectivity index (χ4n) is 1.98. The minimum atomic E-state index is -1.35. The summed E-state index contributed by atoms with van der Waals surface area (Å²) in [5.74, 6) is 1.64. The third kappa shape index (κ3) is 3.12. The van der Waals surface area contributed by atoms with Crippen molar-refractivity contribution in [1.29, 1.82) is 0 Å². The molecule has 1 aromatic heterocycles. The normalized spacial score (nSPS) is 18.4. The summed E-state index contributed by atoms with van der Waals surface area (Å²) in [6.45, 7) is 8.95. The monoisotopic (exact) mass is 284 g/mol. The van der Waals surface area contributed by atoms with Gasteiger partial charge in [-0.25, -0.2) is 9.97 Å². The lowest BCUT2D eigenvalue weighted by Crippen LogP contribution is -2.37. The van der Waals surface area contributed by atoms with E-state index in [1.54, 1.807) is 6.26 Å². The second-order valence-corrected chi connectivity index (χ2v) is 7.43. The maximum Gasteiger partial charge on any atom is 0.166 e. The molecule has 1 fully saturated rings. The molecule has 1 aliphatic rings. The Labute approximate surface area is 116 Å². The van der Waals surface area contributed by atoms with Gasteiger partial charge in [0.2, 0.25) is 0 Å². The van der Waals surface area contributed by atoms with Gasteiger partial charge in [-0.15, -0.1) is 4.21 Å². The van der Waals surface area contributed by atoms with Gasteiger partial charge in [0.05, 0.1) is 24.0 Å². The molecule has 0 saturated carbocycles. The van der Waals surface area contributed by atoms with Gasteiger partial charge in [0.15, 0.2) is 4.75 Å². The zero-order valence-electron chi connectivity index (χ0n) is 12.0. The van der Waals surface area contributed by atoms with Crippen LogP contribution in [0.5, 0.6) is 0 Å². The first-order valence-electron chi connectivity index (χ1n) is 6.51. The molecule has 1 unspecified atom stereocenters. The predicted molar refractivity (Wildman–Crippen MR) is 78.2 cm³/mol. The number of hydrogen-bond acceptors (Lipinski definition) is 5. The van der Waals surface area contributed by atoms with Crippen molar-refractivity contribution in [2.75, 3.05) is 37.5 Å². The molecule has 1 atom stereocenters. The largest absolute Gasteiger partial charge is 0.378 e. The third-order valence-electron chi connectivity index (χ3n) is 3.57. The Bertz CT molecular complexity index is 485. The van der Waals surface area contributed by atoms with Gasteiger partial charge >= 0.3 is 0 Å². The molecule has 2 heterocycles. The van der Waals surface area contributed by atoms with E-state index in [0.29, 0.717) is 0 Å². The Morgan fingerprint density at radius 1 is 1.32 bits per heavy atom. The van der Waals surface area contributed by atoms with Gasteiger partial charge in [0.25, 0.3) is 0 Å². The summed E-state index contributed by atoms with van der Waals surface area (Å²) in [4.78, 5) is 11.2. The van der Waals surface area contributed by atoms with Crippen LogP contribution in [-0.4, -0.2) is 42.5 Å². The highest BCUT2D eigenvalue weighted by atomic mass is 32.2. The Kier molecular flexibility index (Phi) is 4.20. The van der Waals surface area contributed by atoms with E-state index in [4.69, 9.17) is 4.74 Å². The zero-order chi connectivity index (χ0) is 14.0. The first-order chi connectivity index (χ1) is 8.91. The number of thiol groups is 1. The molecular formula is C13H22N3O2S+. The predicted octanol–water partition coefficient (Wildman–Crippen LogP) is 1.18. The van der Waals surface area contributed by atoms with Gasteiger partial charge in [-0.1, -0.05) is 0 Å². The summed E-state index contributed by atoms with van der Waals surface area (Å²) in [5.41, 5.74) is 0.852. The molecule has 0 N–H and O–H groups in total. The molecule has 0 spiro atoms. The van der Waals surface area contributed by atoms with Crippen molar-refractivity contribution in [2.45, 2.75) is 25.5 Å². The molecule has 1 aromatic rings. The number of aromatic nitrogens is 2. The lowest BCUT2D eigenvalue weighted by atomic mass is 10.1. The Morgan fingerprint density at radius 3 is 2.53 bits per heavy atom. The lowest BCUT2D eigenvalue weighted by Gasteiger charge is -2.29. The molecule has 1 aliphatic heterocycles. The molecule has 0 radical (unpaired) electrons. The van der Waals surface area contributed by atoms with Gasteiger partial charge in [-0.05, 0) is 20.8 Å². The van der Waals surface area contributed by atoms with Crippen molar-refractivity contribution in [1.82, 2.24) is 9.97 Å². The van der Waals surface area contributed by atoms with Crippen LogP contribution in [0.1, 0.15) is 25.4 Å². The number of ether oxygens (including phenoxy) is 1. The van der Waals surface area contributed by atoms with Crippen molar-refractivity contribution >= 4 is 16.6 Å². The Hall–Kier alpha value is -1.01. The van der Waals surface area contributed by atoms with Crippen LogP contribution in [0, 0.1) is 6.92 Å². The van der Waals surface area contributed by atoms with E-state index in [-0.39, 0.29) is 0 Å². The third-order valence-corrected chi connectivity index (χ3v) is 5.38. The summed E-state index contributed by atoms with van der Waals surface area (Å²) in [6, 6.07) is 1.97. The molecule has 0 aromatic carbocycles. The van der Waals surface area contributed by atoms with Gasteiger partial charge in [0.1, 0.15) is 23.6 Å². The van der Waals surface area contributed by atoms with Gasteiger partial charge in [-0.3, -0.25) is 0 Å². The second-order valence-electron chi connectivity index (χ2n) is 5.31. The van der Waals surface area contributed by atoms with Crippen molar-refractivity contribution in [3.05, 3.63) is 17.6 Å². The van der Waals surface area contributed by atoms with Crippen LogP contribution < -0.4 is 4.90 Å². The first kappa shape index (κ1) is 14.4. The number of rotatable bonds is 3. The maximum absolute atomic E-state index is 11.9. The smallest absolute Gasteiger partial charge is 0.166 e. The van der Waals surface area contributed by atoms with Gasteiger partial charge in [0, 0.05) is 19.2 Å². The van der Waals surface area contributed by atoms with Crippen molar-refractivity contribution in [3.63, 3.8) is 0 Å². The molecule has 106 valence electrons. The molecule has 19 heavy (non-hydrogen) atoms. The Morgan fingerprint density at radius 2 is 1.95 bits per heavy atom. The number of nitrogens with zero attached hydrogens (tertiary/aromatic N) is 3. The summed E-state index contributed by atoms with van der Waals surface area (Å²) >= 11 is 0. The minimum absolute atomic E-state index is 0.427. The van der Waals surface area contributed by atoms with Crippen molar-refractivity contribution < 1.29 is 8.95 Å². The molecule has 0 aliphatic carbocycles. The standard InChI is InChI=1S/C13H21N3O2S/c1-10-14-11(13(2,3)19(4)17)9-12(15-10)16-5-7-18-8-6-16/h9H,5-8H2,1-4H3/p+1. The van der Waals surface area contributed by atoms with Crippen LogP contribution in [0.2, 0.25) is 0 Å². The molecule has 5 nitrogen and oxygen atoms in total. The highest BCUT2D eigenvalue weighted by molar-refractivity contribution is 7.85. The number of morpholine rings is 1. The summed E-state index contributed by atoms with van der Waals surface area (Å²) in [5, 5.41) is 0. The zero-order valence-corrected chi connectivity index (χ0v) is 12.9. The summed E-state index contributed by atoms with van der Waals surface area (Å²) in [6.07, 6.45) is 1.75. The van der Waals surface area contributed by atoms with Crippen LogP contribution >= 0.6 is 0 Å². The second kappa shape index (κ2) is 5.54. The number of hydrogen-bond donors (Lipinski definition) is 0. The maximum atomic E-state index is 11.9. The average molecular weight is 284 g/mol. The average Bonchev–Trinajstić information content (AvgIpc) is 2.39. The van der Waals surface area contributed by atoms with E-state index in [0.717, 1.165) is 43.6 Å². The lowest BCUT2D eigenvalue weighted by molar-refractivity contribution is 0.122.